The van der Waals surface area contributed by atoms with Gasteiger partial charge < -0.3 is 14.4 Å². The van der Waals surface area contributed by atoms with Crippen LogP contribution in [0.1, 0.15) is 11.1 Å². The Kier molecular flexibility index (Phi) is 4.78. The van der Waals surface area contributed by atoms with Crippen molar-refractivity contribution in [3.8, 4) is 11.5 Å². The predicted octanol–water partition coefficient (Wildman–Crippen LogP) is 2.16. The summed E-state index contributed by atoms with van der Waals surface area (Å²) >= 11 is 0. The van der Waals surface area contributed by atoms with E-state index in [-0.39, 0.29) is 18.1 Å². The number of ether oxygens (including phenoxy) is 2. The molecule has 7 nitrogen and oxygen atoms in total. The van der Waals surface area contributed by atoms with Gasteiger partial charge in [-0.3, -0.25) is 9.52 Å². The molecule has 3 rings (SSSR count). The van der Waals surface area contributed by atoms with E-state index in [0.717, 1.165) is 11.3 Å². The molecule has 8 heteroatoms. The van der Waals surface area contributed by atoms with E-state index in [9.17, 15) is 13.2 Å². The van der Waals surface area contributed by atoms with Crippen molar-refractivity contribution >= 4 is 27.3 Å². The van der Waals surface area contributed by atoms with Crippen LogP contribution < -0.4 is 19.1 Å². The number of hydrogen-bond donors (Lipinski definition) is 1. The van der Waals surface area contributed by atoms with Gasteiger partial charge in [0, 0.05) is 24.5 Å². The lowest BCUT2D eigenvalue weighted by Crippen LogP contribution is -2.20. The highest BCUT2D eigenvalue weighted by Crippen LogP contribution is 2.30. The number of amides is 1. The molecule has 0 spiro atoms. The van der Waals surface area contributed by atoms with Gasteiger partial charge in [-0.15, -0.1) is 0 Å². The van der Waals surface area contributed by atoms with Crippen LogP contribution in [0.25, 0.3) is 0 Å². The van der Waals surface area contributed by atoms with E-state index in [4.69, 9.17) is 9.47 Å². The summed E-state index contributed by atoms with van der Waals surface area (Å²) in [5.74, 6) is 0.807. The minimum Gasteiger partial charge on any atom is -0.497 e. The van der Waals surface area contributed by atoms with Gasteiger partial charge >= 0.3 is 0 Å². The first-order chi connectivity index (χ1) is 12.3. The topological polar surface area (TPSA) is 84.9 Å². The molecule has 0 fully saturated rings. The normalized spacial score (nSPS) is 13.5. The number of fused-ring (bicyclic) bond motifs is 1. The number of nitrogens with zero attached hydrogens (tertiary/aromatic N) is 1. The summed E-state index contributed by atoms with van der Waals surface area (Å²) in [5.41, 5.74) is 2.59. The van der Waals surface area contributed by atoms with Gasteiger partial charge in [-0.25, -0.2) is 8.42 Å². The third-order valence-corrected chi connectivity index (χ3v) is 5.46. The third-order valence-electron chi connectivity index (χ3n) is 4.20. The van der Waals surface area contributed by atoms with E-state index in [1.165, 1.54) is 14.2 Å². The maximum Gasteiger partial charge on any atom is 0.236 e. The van der Waals surface area contributed by atoms with Gasteiger partial charge in [-0.2, -0.15) is 0 Å². The number of sulfonamides is 1. The summed E-state index contributed by atoms with van der Waals surface area (Å²) in [4.78, 5) is 13.3. The molecule has 0 saturated carbocycles. The summed E-state index contributed by atoms with van der Waals surface area (Å²) in [6.45, 7) is 0. The Morgan fingerprint density at radius 1 is 1.08 bits per heavy atom. The second-order valence-corrected chi connectivity index (χ2v) is 7.78. The molecular formula is C18H20N2O5S. The Bertz CT molecular complexity index is 934. The van der Waals surface area contributed by atoms with Crippen LogP contribution in [0.4, 0.5) is 11.4 Å². The summed E-state index contributed by atoms with van der Waals surface area (Å²) in [7, 11) is 1.08. The Balaban J connectivity index is 1.80. The van der Waals surface area contributed by atoms with Crippen molar-refractivity contribution in [1.82, 2.24) is 0 Å². The molecule has 0 bridgehead atoms. The summed E-state index contributed by atoms with van der Waals surface area (Å²) in [6.07, 6.45) is 0.272. The molecule has 1 aliphatic rings. The molecule has 1 N–H and O–H groups in total. The molecule has 0 atom stereocenters. The lowest BCUT2D eigenvalue weighted by Gasteiger charge is -2.13. The first-order valence-electron chi connectivity index (χ1n) is 7.93. The summed E-state index contributed by atoms with van der Waals surface area (Å²) in [6, 6.07) is 10.1. The van der Waals surface area contributed by atoms with Crippen molar-refractivity contribution in [3.05, 3.63) is 47.5 Å². The van der Waals surface area contributed by atoms with Crippen molar-refractivity contribution < 1.29 is 22.7 Å². The van der Waals surface area contributed by atoms with Gasteiger partial charge in [-0.1, -0.05) is 0 Å². The summed E-state index contributed by atoms with van der Waals surface area (Å²) < 4.78 is 38.0. The fourth-order valence-electron chi connectivity index (χ4n) is 2.92. The van der Waals surface area contributed by atoms with Gasteiger partial charge in [0.15, 0.2) is 0 Å². The van der Waals surface area contributed by atoms with Gasteiger partial charge in [0.1, 0.15) is 11.5 Å². The monoisotopic (exact) mass is 376 g/mol. The highest BCUT2D eigenvalue weighted by molar-refractivity contribution is 7.91. The lowest BCUT2D eigenvalue weighted by molar-refractivity contribution is -0.117. The van der Waals surface area contributed by atoms with Crippen LogP contribution in [-0.2, 0) is 27.0 Å². The van der Waals surface area contributed by atoms with E-state index < -0.39 is 10.0 Å². The molecular weight excluding hydrogens is 356 g/mol. The quantitative estimate of drug-likeness (QED) is 0.835. The highest BCUT2D eigenvalue weighted by atomic mass is 32.2. The number of methoxy groups -OCH3 is 2. The fraction of sp³-hybridized carbons (Fsp3) is 0.278. The lowest BCUT2D eigenvalue weighted by atomic mass is 10.1. The number of carbonyl (C=O) groups is 1. The number of nitrogens with one attached hydrogen (secondary N) is 1. The molecule has 1 amide bonds. The van der Waals surface area contributed by atoms with Crippen LogP contribution in [0.2, 0.25) is 0 Å². The highest BCUT2D eigenvalue weighted by Gasteiger charge is 2.24. The van der Waals surface area contributed by atoms with Crippen molar-refractivity contribution in [2.75, 3.05) is 30.9 Å². The van der Waals surface area contributed by atoms with E-state index in [2.05, 4.69) is 4.72 Å². The number of anilines is 2. The van der Waals surface area contributed by atoms with Gasteiger partial charge in [0.2, 0.25) is 15.9 Å². The van der Waals surface area contributed by atoms with Crippen LogP contribution in [0.3, 0.4) is 0 Å². The van der Waals surface area contributed by atoms with E-state index in [0.29, 0.717) is 22.7 Å². The smallest absolute Gasteiger partial charge is 0.236 e. The average molecular weight is 376 g/mol. The fourth-order valence-corrected chi connectivity index (χ4v) is 4.08. The molecule has 1 aliphatic heterocycles. The average Bonchev–Trinajstić information content (AvgIpc) is 2.87. The maximum absolute atomic E-state index is 12.5. The molecule has 1 heterocycles. The zero-order valence-corrected chi connectivity index (χ0v) is 15.6. The van der Waals surface area contributed by atoms with Gasteiger partial charge in [0.05, 0.1) is 26.4 Å². The molecule has 2 aromatic rings. The van der Waals surface area contributed by atoms with E-state index in [1.807, 2.05) is 0 Å². The van der Waals surface area contributed by atoms with Gasteiger partial charge in [0.25, 0.3) is 0 Å². The third kappa shape index (κ3) is 3.75. The van der Waals surface area contributed by atoms with Crippen LogP contribution >= 0.6 is 0 Å². The SMILES string of the molecule is COc1cc(CS(=O)(=O)Nc2ccc3c(c2)CC(=O)N3C)cc(OC)c1. The van der Waals surface area contributed by atoms with Crippen LogP contribution in [-0.4, -0.2) is 35.6 Å². The Morgan fingerprint density at radius 2 is 1.73 bits per heavy atom. The van der Waals surface area contributed by atoms with E-state index >= 15 is 0 Å². The number of rotatable bonds is 6. The second-order valence-electron chi connectivity index (χ2n) is 6.06. The first-order valence-corrected chi connectivity index (χ1v) is 9.58. The second kappa shape index (κ2) is 6.87. The van der Waals surface area contributed by atoms with Crippen LogP contribution in [0, 0.1) is 0 Å². The molecule has 2 aromatic carbocycles. The van der Waals surface area contributed by atoms with Crippen LogP contribution in [0.15, 0.2) is 36.4 Å². The van der Waals surface area contributed by atoms with Crippen molar-refractivity contribution in [2.24, 2.45) is 0 Å². The molecule has 0 aliphatic carbocycles. The number of likely N-dealkylation sites (N-methyl/N-ethyl adjacent to an activating group) is 1. The van der Waals surface area contributed by atoms with Crippen molar-refractivity contribution in [3.63, 3.8) is 0 Å². The minimum absolute atomic E-state index is 0.0107. The number of carbonyl (C=O) groups excluding carboxylic acids is 1. The maximum atomic E-state index is 12.5. The molecule has 0 saturated heterocycles. The molecule has 0 radical (unpaired) electrons. The predicted molar refractivity (Wildman–Crippen MR) is 99.3 cm³/mol. The summed E-state index contributed by atoms with van der Waals surface area (Å²) in [5, 5.41) is 0. The van der Waals surface area contributed by atoms with Gasteiger partial charge in [-0.05, 0) is 41.5 Å². The zero-order chi connectivity index (χ0) is 18.9. The first kappa shape index (κ1) is 18.1. The van der Waals surface area contributed by atoms with E-state index in [1.54, 1.807) is 48.3 Å². The van der Waals surface area contributed by atoms with Crippen molar-refractivity contribution in [2.45, 2.75) is 12.2 Å². The number of hydrogen-bond acceptors (Lipinski definition) is 5. The molecule has 138 valence electrons. The molecule has 0 aromatic heterocycles. The minimum atomic E-state index is -3.64. The standard InChI is InChI=1S/C18H20N2O5S/c1-20-17-5-4-14(8-13(17)9-18(20)21)19-26(22,23)11-12-6-15(24-2)10-16(7-12)25-3/h4-8,10,19H,9,11H2,1-3H3. The van der Waals surface area contributed by atoms with Crippen molar-refractivity contribution in [1.29, 1.82) is 0 Å². The zero-order valence-electron chi connectivity index (χ0n) is 14.8. The molecule has 0 unspecified atom stereocenters. The largest absolute Gasteiger partial charge is 0.497 e. The Hall–Kier alpha value is -2.74. The Labute approximate surface area is 152 Å². The molecule has 26 heavy (non-hydrogen) atoms. The van der Waals surface area contributed by atoms with Crippen LogP contribution in [0.5, 0.6) is 11.5 Å². The Morgan fingerprint density at radius 3 is 2.35 bits per heavy atom. The number of benzene rings is 2.